The SMILES string of the molecule is CC(C(=O)O)S(=O)(=O)CC(C)(C)F. The molecule has 0 spiro atoms. The van der Waals surface area contributed by atoms with E-state index >= 15 is 0 Å². The van der Waals surface area contributed by atoms with Crippen LogP contribution in [0.3, 0.4) is 0 Å². The molecule has 0 aromatic rings. The smallest absolute Gasteiger partial charge is 0.321 e. The van der Waals surface area contributed by atoms with Crippen molar-refractivity contribution < 1.29 is 22.7 Å². The van der Waals surface area contributed by atoms with Gasteiger partial charge in [-0.3, -0.25) is 4.79 Å². The molecule has 0 amide bonds. The monoisotopic (exact) mass is 212 g/mol. The average molecular weight is 212 g/mol. The van der Waals surface area contributed by atoms with Gasteiger partial charge in [0, 0.05) is 0 Å². The molecular weight excluding hydrogens is 199 g/mol. The molecule has 6 heteroatoms. The number of aliphatic carboxylic acids is 1. The molecule has 1 unspecified atom stereocenters. The van der Waals surface area contributed by atoms with Crippen molar-refractivity contribution >= 4 is 15.8 Å². The Morgan fingerprint density at radius 3 is 2.15 bits per heavy atom. The lowest BCUT2D eigenvalue weighted by molar-refractivity contribution is -0.136. The molecule has 0 bridgehead atoms. The molecule has 0 aliphatic heterocycles. The fraction of sp³-hybridized carbons (Fsp3) is 0.857. The van der Waals surface area contributed by atoms with Gasteiger partial charge in [-0.2, -0.15) is 0 Å². The highest BCUT2D eigenvalue weighted by atomic mass is 32.2. The number of hydrogen-bond donors (Lipinski definition) is 1. The Bertz CT molecular complexity index is 288. The van der Waals surface area contributed by atoms with E-state index in [0.29, 0.717) is 0 Å². The van der Waals surface area contributed by atoms with Gasteiger partial charge in [0.05, 0.1) is 5.75 Å². The number of sulfone groups is 1. The fourth-order valence-corrected chi connectivity index (χ4v) is 2.27. The number of carbonyl (C=O) groups is 1. The van der Waals surface area contributed by atoms with Crippen LogP contribution in [0, 0.1) is 0 Å². The van der Waals surface area contributed by atoms with Crippen LogP contribution in [0.4, 0.5) is 4.39 Å². The molecule has 0 aromatic carbocycles. The van der Waals surface area contributed by atoms with Crippen LogP contribution in [0.1, 0.15) is 20.8 Å². The number of carboxylic acids is 1. The summed E-state index contributed by atoms with van der Waals surface area (Å²) in [5.74, 6) is -2.22. The van der Waals surface area contributed by atoms with Crippen molar-refractivity contribution in [3.63, 3.8) is 0 Å². The van der Waals surface area contributed by atoms with Crippen molar-refractivity contribution in [2.24, 2.45) is 0 Å². The summed E-state index contributed by atoms with van der Waals surface area (Å²) in [5.41, 5.74) is -1.90. The molecule has 78 valence electrons. The van der Waals surface area contributed by atoms with Crippen LogP contribution in [-0.4, -0.2) is 36.2 Å². The van der Waals surface area contributed by atoms with Crippen molar-refractivity contribution in [1.82, 2.24) is 0 Å². The summed E-state index contributed by atoms with van der Waals surface area (Å²) in [7, 11) is -3.89. The second-order valence-electron chi connectivity index (χ2n) is 3.51. The minimum atomic E-state index is -3.89. The van der Waals surface area contributed by atoms with E-state index in [1.165, 1.54) is 0 Å². The van der Waals surface area contributed by atoms with Gasteiger partial charge in [-0.15, -0.1) is 0 Å². The fourth-order valence-electron chi connectivity index (χ4n) is 0.757. The van der Waals surface area contributed by atoms with E-state index in [9.17, 15) is 17.6 Å². The summed E-state index contributed by atoms with van der Waals surface area (Å²) < 4.78 is 35.3. The van der Waals surface area contributed by atoms with Gasteiger partial charge in [-0.05, 0) is 20.8 Å². The maximum absolute atomic E-state index is 12.9. The standard InChI is InChI=1S/C7H13FO4S/c1-5(6(9)10)13(11,12)4-7(2,3)8/h5H,4H2,1-3H3,(H,9,10). The van der Waals surface area contributed by atoms with Crippen LogP contribution < -0.4 is 0 Å². The van der Waals surface area contributed by atoms with Crippen molar-refractivity contribution in [2.75, 3.05) is 5.75 Å². The van der Waals surface area contributed by atoms with Gasteiger partial charge in [-0.25, -0.2) is 12.8 Å². The van der Waals surface area contributed by atoms with E-state index in [4.69, 9.17) is 5.11 Å². The largest absolute Gasteiger partial charge is 0.480 e. The molecule has 1 atom stereocenters. The molecular formula is C7H13FO4S. The Morgan fingerprint density at radius 2 is 1.92 bits per heavy atom. The number of rotatable bonds is 4. The Labute approximate surface area is 76.7 Å². The van der Waals surface area contributed by atoms with Crippen LogP contribution >= 0.6 is 0 Å². The van der Waals surface area contributed by atoms with Gasteiger partial charge in [0.2, 0.25) is 0 Å². The van der Waals surface area contributed by atoms with Crippen molar-refractivity contribution in [3.8, 4) is 0 Å². The predicted octanol–water partition coefficient (Wildman–Crippen LogP) is 0.622. The van der Waals surface area contributed by atoms with E-state index in [-0.39, 0.29) is 0 Å². The Kier molecular flexibility index (Phi) is 3.43. The molecule has 0 rings (SSSR count). The Balaban J connectivity index is 4.71. The zero-order chi connectivity index (χ0) is 10.9. The molecule has 0 saturated carbocycles. The number of halogens is 1. The minimum absolute atomic E-state index is 0.770. The minimum Gasteiger partial charge on any atom is -0.480 e. The first-order valence-corrected chi connectivity index (χ1v) is 5.41. The van der Waals surface area contributed by atoms with E-state index < -0.39 is 32.5 Å². The molecule has 0 aromatic heterocycles. The normalized spacial score (nSPS) is 15.4. The first-order valence-electron chi connectivity index (χ1n) is 3.69. The lowest BCUT2D eigenvalue weighted by atomic mass is 10.2. The van der Waals surface area contributed by atoms with Crippen LogP contribution in [-0.2, 0) is 14.6 Å². The topological polar surface area (TPSA) is 71.4 Å². The van der Waals surface area contributed by atoms with Crippen LogP contribution in [0.25, 0.3) is 0 Å². The summed E-state index contributed by atoms with van der Waals surface area (Å²) in [4.78, 5) is 10.3. The summed E-state index contributed by atoms with van der Waals surface area (Å²) in [6.45, 7) is 3.22. The van der Waals surface area contributed by atoms with Gasteiger partial charge in [0.1, 0.15) is 5.67 Å². The Hall–Kier alpha value is -0.650. The summed E-state index contributed by atoms with van der Waals surface area (Å²) in [5, 5.41) is 6.86. The molecule has 13 heavy (non-hydrogen) atoms. The van der Waals surface area contributed by atoms with E-state index in [0.717, 1.165) is 20.8 Å². The summed E-state index contributed by atoms with van der Waals surface area (Å²) in [6.07, 6.45) is 0. The van der Waals surface area contributed by atoms with Crippen LogP contribution in [0.2, 0.25) is 0 Å². The second-order valence-corrected chi connectivity index (χ2v) is 5.83. The van der Waals surface area contributed by atoms with E-state index in [2.05, 4.69) is 0 Å². The Morgan fingerprint density at radius 1 is 1.54 bits per heavy atom. The summed E-state index contributed by atoms with van der Waals surface area (Å²) in [6, 6.07) is 0. The average Bonchev–Trinajstić information content (AvgIpc) is 1.80. The van der Waals surface area contributed by atoms with Crippen molar-refractivity contribution in [3.05, 3.63) is 0 Å². The predicted molar refractivity (Wildman–Crippen MR) is 46.1 cm³/mol. The van der Waals surface area contributed by atoms with Gasteiger partial charge >= 0.3 is 5.97 Å². The maximum Gasteiger partial charge on any atom is 0.321 e. The highest BCUT2D eigenvalue weighted by Gasteiger charge is 2.33. The van der Waals surface area contributed by atoms with Crippen molar-refractivity contribution in [2.45, 2.75) is 31.7 Å². The molecule has 0 fully saturated rings. The van der Waals surface area contributed by atoms with Gasteiger partial charge in [-0.1, -0.05) is 0 Å². The highest BCUT2D eigenvalue weighted by Crippen LogP contribution is 2.15. The number of hydrogen-bond acceptors (Lipinski definition) is 3. The molecule has 0 radical (unpaired) electrons. The zero-order valence-corrected chi connectivity index (χ0v) is 8.56. The van der Waals surface area contributed by atoms with Gasteiger partial charge in [0.15, 0.2) is 15.1 Å². The number of alkyl halides is 1. The summed E-state index contributed by atoms with van der Waals surface area (Å²) >= 11 is 0. The molecule has 0 aliphatic rings. The zero-order valence-electron chi connectivity index (χ0n) is 7.74. The lowest BCUT2D eigenvalue weighted by Gasteiger charge is -2.16. The van der Waals surface area contributed by atoms with Crippen molar-refractivity contribution in [1.29, 1.82) is 0 Å². The third kappa shape index (κ3) is 4.21. The second kappa shape index (κ2) is 3.61. The number of carboxylic acid groups (broad SMARTS) is 1. The highest BCUT2D eigenvalue weighted by molar-refractivity contribution is 7.92. The van der Waals surface area contributed by atoms with E-state index in [1.807, 2.05) is 0 Å². The first kappa shape index (κ1) is 12.3. The molecule has 1 N–H and O–H groups in total. The van der Waals surface area contributed by atoms with Gasteiger partial charge < -0.3 is 5.11 Å². The third-order valence-electron chi connectivity index (χ3n) is 1.43. The maximum atomic E-state index is 12.9. The van der Waals surface area contributed by atoms with E-state index in [1.54, 1.807) is 0 Å². The quantitative estimate of drug-likeness (QED) is 0.741. The third-order valence-corrected chi connectivity index (χ3v) is 3.80. The molecule has 4 nitrogen and oxygen atoms in total. The van der Waals surface area contributed by atoms with Gasteiger partial charge in [0.25, 0.3) is 0 Å². The van der Waals surface area contributed by atoms with Crippen LogP contribution in [0.15, 0.2) is 0 Å². The molecule has 0 aliphatic carbocycles. The molecule has 0 saturated heterocycles. The van der Waals surface area contributed by atoms with Crippen LogP contribution in [0.5, 0.6) is 0 Å². The molecule has 0 heterocycles. The first-order chi connectivity index (χ1) is 5.56. The lowest BCUT2D eigenvalue weighted by Crippen LogP contribution is -2.35.